The molecule has 0 spiro atoms. The summed E-state index contributed by atoms with van der Waals surface area (Å²) in [5.74, 6) is -0.145. The molecule has 0 bridgehead atoms. The Balaban J connectivity index is 1.54. The summed E-state index contributed by atoms with van der Waals surface area (Å²) < 4.78 is 1.52. The number of pyridine rings is 1. The molecule has 3 heterocycles. The Labute approximate surface area is 155 Å². The van der Waals surface area contributed by atoms with Crippen LogP contribution in [0.25, 0.3) is 5.69 Å². The molecule has 1 saturated heterocycles. The van der Waals surface area contributed by atoms with Crippen molar-refractivity contribution < 1.29 is 9.59 Å². The second-order valence-electron chi connectivity index (χ2n) is 6.23. The number of nitrogens with zero attached hydrogens (tertiary/aromatic N) is 5. The lowest BCUT2D eigenvalue weighted by molar-refractivity contribution is 0.0787. The summed E-state index contributed by atoms with van der Waals surface area (Å²) in [6.07, 6.45) is 3.47. The number of aromatic nitrogens is 4. The molecule has 0 aliphatic carbocycles. The number of amides is 2. The lowest BCUT2D eigenvalue weighted by Crippen LogP contribution is -2.29. The van der Waals surface area contributed by atoms with E-state index in [1.54, 1.807) is 23.1 Å². The topological polar surface area (TPSA) is 93.0 Å². The second kappa shape index (κ2) is 7.36. The van der Waals surface area contributed by atoms with Crippen LogP contribution in [0.15, 0.2) is 54.7 Å². The van der Waals surface area contributed by atoms with Crippen molar-refractivity contribution in [3.05, 3.63) is 66.1 Å². The molecular weight excluding hydrogens is 344 g/mol. The number of benzene rings is 1. The van der Waals surface area contributed by atoms with Crippen LogP contribution in [-0.2, 0) is 0 Å². The molecule has 136 valence electrons. The van der Waals surface area contributed by atoms with Gasteiger partial charge in [-0.25, -0.2) is 4.98 Å². The van der Waals surface area contributed by atoms with Gasteiger partial charge < -0.3 is 10.2 Å². The Morgan fingerprint density at radius 3 is 2.44 bits per heavy atom. The lowest BCUT2D eigenvalue weighted by Gasteiger charge is -2.14. The number of anilines is 1. The van der Waals surface area contributed by atoms with Gasteiger partial charge >= 0.3 is 0 Å². The highest BCUT2D eigenvalue weighted by atomic mass is 16.2. The van der Waals surface area contributed by atoms with E-state index in [1.165, 1.54) is 10.9 Å². The van der Waals surface area contributed by atoms with Crippen molar-refractivity contribution in [2.24, 2.45) is 0 Å². The van der Waals surface area contributed by atoms with Crippen LogP contribution in [0.2, 0.25) is 0 Å². The molecule has 0 atom stereocenters. The Morgan fingerprint density at radius 2 is 1.67 bits per heavy atom. The molecule has 1 fully saturated rings. The summed E-state index contributed by atoms with van der Waals surface area (Å²) in [6, 6.07) is 14.2. The average molecular weight is 362 g/mol. The van der Waals surface area contributed by atoms with Crippen molar-refractivity contribution in [3.8, 4) is 5.69 Å². The summed E-state index contributed by atoms with van der Waals surface area (Å²) in [6.45, 7) is 1.47. The third-order valence-electron chi connectivity index (χ3n) is 4.39. The molecule has 2 amide bonds. The van der Waals surface area contributed by atoms with Crippen LogP contribution >= 0.6 is 0 Å². The van der Waals surface area contributed by atoms with Crippen molar-refractivity contribution in [2.45, 2.75) is 12.8 Å². The Hall–Kier alpha value is -3.55. The fourth-order valence-electron chi connectivity index (χ4n) is 3.02. The first-order chi connectivity index (χ1) is 13.2. The third kappa shape index (κ3) is 3.55. The highest BCUT2D eigenvalue weighted by molar-refractivity contribution is 6.03. The summed E-state index contributed by atoms with van der Waals surface area (Å²) >= 11 is 0. The van der Waals surface area contributed by atoms with Crippen molar-refractivity contribution in [3.63, 3.8) is 0 Å². The SMILES string of the molecule is O=C(Nc1cnnn1-c1ccccc1)c1cccc(C(=O)N2CCCC2)n1. The Morgan fingerprint density at radius 1 is 0.926 bits per heavy atom. The molecule has 4 rings (SSSR count). The van der Waals surface area contributed by atoms with Gasteiger partial charge in [-0.15, -0.1) is 5.10 Å². The van der Waals surface area contributed by atoms with Gasteiger partial charge in [-0.3, -0.25) is 9.59 Å². The highest BCUT2D eigenvalue weighted by Gasteiger charge is 2.21. The summed E-state index contributed by atoms with van der Waals surface area (Å²) in [7, 11) is 0. The fourth-order valence-corrected chi connectivity index (χ4v) is 3.02. The zero-order chi connectivity index (χ0) is 18.6. The van der Waals surface area contributed by atoms with Gasteiger partial charge in [0, 0.05) is 13.1 Å². The monoisotopic (exact) mass is 362 g/mol. The molecule has 1 aliphatic rings. The molecule has 1 N–H and O–H groups in total. The molecule has 8 nitrogen and oxygen atoms in total. The summed E-state index contributed by atoms with van der Waals surface area (Å²) in [5.41, 5.74) is 1.22. The van der Waals surface area contributed by atoms with Crippen molar-refractivity contribution in [1.29, 1.82) is 0 Å². The molecular formula is C19H18N6O2. The molecule has 8 heteroatoms. The van der Waals surface area contributed by atoms with E-state index in [4.69, 9.17) is 0 Å². The van der Waals surface area contributed by atoms with E-state index in [9.17, 15) is 9.59 Å². The number of para-hydroxylation sites is 1. The number of rotatable bonds is 4. The summed E-state index contributed by atoms with van der Waals surface area (Å²) in [4.78, 5) is 31.1. The van der Waals surface area contributed by atoms with Gasteiger partial charge in [0.1, 0.15) is 11.4 Å². The third-order valence-corrected chi connectivity index (χ3v) is 4.39. The maximum absolute atomic E-state index is 12.6. The standard InChI is InChI=1S/C19H18N6O2/c26-18(22-17-13-20-23-25(17)14-7-2-1-3-8-14)15-9-6-10-16(21-15)19(27)24-11-4-5-12-24/h1-3,6-10,13H,4-5,11-12H2,(H,22,26). The first kappa shape index (κ1) is 16.9. The number of hydrogen-bond acceptors (Lipinski definition) is 5. The zero-order valence-electron chi connectivity index (χ0n) is 14.6. The van der Waals surface area contributed by atoms with Gasteiger partial charge in [0.05, 0.1) is 11.9 Å². The van der Waals surface area contributed by atoms with E-state index in [0.717, 1.165) is 31.6 Å². The van der Waals surface area contributed by atoms with Gasteiger partial charge in [0.25, 0.3) is 11.8 Å². The van der Waals surface area contributed by atoms with E-state index in [2.05, 4.69) is 20.6 Å². The van der Waals surface area contributed by atoms with E-state index in [1.807, 2.05) is 30.3 Å². The molecule has 27 heavy (non-hydrogen) atoms. The normalized spacial score (nSPS) is 13.6. The molecule has 0 radical (unpaired) electrons. The second-order valence-corrected chi connectivity index (χ2v) is 6.23. The van der Waals surface area contributed by atoms with E-state index >= 15 is 0 Å². The smallest absolute Gasteiger partial charge is 0.275 e. The fraction of sp³-hybridized carbons (Fsp3) is 0.211. The van der Waals surface area contributed by atoms with Gasteiger partial charge in [-0.05, 0) is 37.1 Å². The maximum Gasteiger partial charge on any atom is 0.275 e. The first-order valence-corrected chi connectivity index (χ1v) is 8.76. The molecule has 2 aromatic heterocycles. The van der Waals surface area contributed by atoms with Crippen LogP contribution in [0.4, 0.5) is 5.82 Å². The zero-order valence-corrected chi connectivity index (χ0v) is 14.6. The molecule has 0 unspecified atom stereocenters. The van der Waals surface area contributed by atoms with E-state index < -0.39 is 5.91 Å². The molecule has 1 aromatic carbocycles. The number of likely N-dealkylation sites (tertiary alicyclic amines) is 1. The molecule has 3 aromatic rings. The predicted molar refractivity (Wildman–Crippen MR) is 98.7 cm³/mol. The van der Waals surface area contributed by atoms with Gasteiger partial charge in [0.15, 0.2) is 5.82 Å². The molecule has 1 aliphatic heterocycles. The van der Waals surface area contributed by atoms with Crippen LogP contribution in [0.3, 0.4) is 0 Å². The Bertz CT molecular complexity index is 963. The predicted octanol–water partition coefficient (Wildman–Crippen LogP) is 2.15. The average Bonchev–Trinajstić information content (AvgIpc) is 3.40. The van der Waals surface area contributed by atoms with Gasteiger partial charge in [-0.2, -0.15) is 4.68 Å². The van der Waals surface area contributed by atoms with Gasteiger partial charge in [-0.1, -0.05) is 29.5 Å². The Kier molecular flexibility index (Phi) is 4.61. The largest absolute Gasteiger partial charge is 0.337 e. The minimum atomic E-state index is -0.425. The highest BCUT2D eigenvalue weighted by Crippen LogP contribution is 2.15. The van der Waals surface area contributed by atoms with Crippen LogP contribution in [0, 0.1) is 0 Å². The number of hydrogen-bond donors (Lipinski definition) is 1. The minimum Gasteiger partial charge on any atom is -0.337 e. The number of nitrogens with one attached hydrogen (secondary N) is 1. The van der Waals surface area contributed by atoms with Gasteiger partial charge in [0.2, 0.25) is 0 Å². The quantitative estimate of drug-likeness (QED) is 0.768. The lowest BCUT2D eigenvalue weighted by atomic mass is 10.2. The van der Waals surface area contributed by atoms with Crippen molar-refractivity contribution >= 4 is 17.6 Å². The first-order valence-electron chi connectivity index (χ1n) is 8.76. The summed E-state index contributed by atoms with van der Waals surface area (Å²) in [5, 5.41) is 10.6. The van der Waals surface area contributed by atoms with Crippen LogP contribution in [0.5, 0.6) is 0 Å². The number of carbonyl (C=O) groups is 2. The van der Waals surface area contributed by atoms with Crippen molar-refractivity contribution in [2.75, 3.05) is 18.4 Å². The number of carbonyl (C=O) groups excluding carboxylic acids is 2. The van der Waals surface area contributed by atoms with Crippen LogP contribution < -0.4 is 5.32 Å². The molecule has 0 saturated carbocycles. The van der Waals surface area contributed by atoms with E-state index in [0.29, 0.717) is 5.82 Å². The van der Waals surface area contributed by atoms with Crippen molar-refractivity contribution in [1.82, 2.24) is 24.9 Å². The van der Waals surface area contributed by atoms with Crippen LogP contribution in [0.1, 0.15) is 33.8 Å². The minimum absolute atomic E-state index is 0.141. The maximum atomic E-state index is 12.6. The van der Waals surface area contributed by atoms with E-state index in [-0.39, 0.29) is 17.3 Å². The van der Waals surface area contributed by atoms with Crippen LogP contribution in [-0.4, -0.2) is 49.8 Å².